The molecule has 1 aromatic heterocycles. The van der Waals surface area contributed by atoms with E-state index >= 15 is 0 Å². The Morgan fingerprint density at radius 2 is 2.00 bits per heavy atom. The van der Waals surface area contributed by atoms with Crippen molar-refractivity contribution >= 4 is 40.6 Å². The molecule has 7 heteroatoms. The minimum Gasteiger partial charge on any atom is -0.337 e. The fourth-order valence-corrected chi connectivity index (χ4v) is 3.58. The molecule has 0 saturated carbocycles. The first-order valence-electron chi connectivity index (χ1n) is 8.44. The maximum Gasteiger partial charge on any atom is 0.274 e. The van der Waals surface area contributed by atoms with Crippen LogP contribution < -0.4 is 5.32 Å². The van der Waals surface area contributed by atoms with Gasteiger partial charge in [-0.05, 0) is 37.8 Å². The molecule has 1 aliphatic rings. The monoisotopic (exact) mass is 378 g/mol. The van der Waals surface area contributed by atoms with Gasteiger partial charge in [0, 0.05) is 12.6 Å². The minimum absolute atomic E-state index is 0.0543. The molecule has 1 fully saturated rings. The summed E-state index contributed by atoms with van der Waals surface area (Å²) in [4.78, 5) is 23.2. The normalized spacial score (nSPS) is 17.4. The van der Waals surface area contributed by atoms with Crippen molar-refractivity contribution in [1.29, 1.82) is 0 Å². The molecule has 0 aliphatic carbocycles. The summed E-state index contributed by atoms with van der Waals surface area (Å²) in [5.74, 6) is 0.429. The van der Waals surface area contributed by atoms with Crippen LogP contribution in [-0.2, 0) is 0 Å². The number of amides is 1. The van der Waals surface area contributed by atoms with Crippen molar-refractivity contribution in [2.75, 3.05) is 11.9 Å². The molecular formula is C18H20Cl2N4O. The quantitative estimate of drug-likeness (QED) is 0.818. The highest BCUT2D eigenvalue weighted by Crippen LogP contribution is 2.31. The van der Waals surface area contributed by atoms with Crippen LogP contribution in [0, 0.1) is 0 Å². The third-order valence-electron chi connectivity index (χ3n) is 4.45. The molecule has 2 heterocycles. The van der Waals surface area contributed by atoms with Gasteiger partial charge in [0.25, 0.3) is 5.91 Å². The minimum atomic E-state index is -0.0543. The summed E-state index contributed by atoms with van der Waals surface area (Å²) in [6.07, 6.45) is 7.26. The molecule has 0 spiro atoms. The Kier molecular flexibility index (Phi) is 5.76. The van der Waals surface area contributed by atoms with Gasteiger partial charge in [-0.15, -0.1) is 0 Å². The number of hydrogen-bond acceptors (Lipinski definition) is 4. The number of rotatable bonds is 4. The number of nitrogens with zero attached hydrogens (tertiary/aromatic N) is 3. The molecule has 3 rings (SSSR count). The van der Waals surface area contributed by atoms with Crippen LogP contribution in [0.25, 0.3) is 0 Å². The lowest BCUT2D eigenvalue weighted by molar-refractivity contribution is 0.0601. The standard InChI is InChI=1S/C18H20Cl2N4O/c1-2-12-6-3-4-9-24(12)18(25)15-10-22-16(11-21-15)23-17-13(19)7-5-8-14(17)20/h5,7-8,10-12H,2-4,6,9H2,1H3,(H,22,23). The van der Waals surface area contributed by atoms with E-state index < -0.39 is 0 Å². The highest BCUT2D eigenvalue weighted by atomic mass is 35.5. The summed E-state index contributed by atoms with van der Waals surface area (Å²) in [5.41, 5.74) is 0.928. The fourth-order valence-electron chi connectivity index (χ4n) is 3.09. The molecule has 1 N–H and O–H groups in total. The molecule has 132 valence electrons. The van der Waals surface area contributed by atoms with Crippen LogP contribution >= 0.6 is 23.2 Å². The molecule has 5 nitrogen and oxygen atoms in total. The number of benzene rings is 1. The van der Waals surface area contributed by atoms with Gasteiger partial charge in [-0.25, -0.2) is 9.97 Å². The SMILES string of the molecule is CCC1CCCCN1C(=O)c1cnc(Nc2c(Cl)cccc2Cl)cn1. The second kappa shape index (κ2) is 8.02. The van der Waals surface area contributed by atoms with E-state index in [0.29, 0.717) is 33.3 Å². The Hall–Kier alpha value is -1.85. The van der Waals surface area contributed by atoms with Crippen molar-refractivity contribution in [3.8, 4) is 0 Å². The summed E-state index contributed by atoms with van der Waals surface area (Å²) in [6, 6.07) is 5.54. The van der Waals surface area contributed by atoms with Crippen LogP contribution in [0.4, 0.5) is 11.5 Å². The van der Waals surface area contributed by atoms with Gasteiger partial charge in [-0.2, -0.15) is 0 Å². The van der Waals surface area contributed by atoms with Gasteiger partial charge in [0.2, 0.25) is 0 Å². The van der Waals surface area contributed by atoms with Crippen molar-refractivity contribution < 1.29 is 4.79 Å². The number of carbonyl (C=O) groups is 1. The van der Waals surface area contributed by atoms with Crippen molar-refractivity contribution in [3.63, 3.8) is 0 Å². The average Bonchev–Trinajstić information content (AvgIpc) is 2.65. The average molecular weight is 379 g/mol. The molecule has 1 saturated heterocycles. The van der Waals surface area contributed by atoms with E-state index in [1.54, 1.807) is 18.2 Å². The summed E-state index contributed by atoms with van der Waals surface area (Å²) in [7, 11) is 0. The molecule has 0 radical (unpaired) electrons. The number of para-hydroxylation sites is 1. The second-order valence-electron chi connectivity index (χ2n) is 6.06. The molecule has 1 unspecified atom stereocenters. The van der Waals surface area contributed by atoms with Crippen LogP contribution in [0.2, 0.25) is 10.0 Å². The largest absolute Gasteiger partial charge is 0.337 e. The molecule has 1 aromatic carbocycles. The maximum absolute atomic E-state index is 12.7. The zero-order chi connectivity index (χ0) is 17.8. The van der Waals surface area contributed by atoms with Gasteiger partial charge < -0.3 is 10.2 Å². The Balaban J connectivity index is 1.74. The van der Waals surface area contributed by atoms with Crippen molar-refractivity contribution in [2.45, 2.75) is 38.6 Å². The number of anilines is 2. The number of nitrogens with one attached hydrogen (secondary N) is 1. The number of likely N-dealkylation sites (tertiary alicyclic amines) is 1. The molecule has 1 amide bonds. The Morgan fingerprint density at radius 3 is 2.64 bits per heavy atom. The number of carbonyl (C=O) groups excluding carboxylic acids is 1. The van der Waals surface area contributed by atoms with Crippen LogP contribution in [0.15, 0.2) is 30.6 Å². The topological polar surface area (TPSA) is 58.1 Å². The predicted molar refractivity (Wildman–Crippen MR) is 101 cm³/mol. The summed E-state index contributed by atoms with van der Waals surface area (Å²) < 4.78 is 0. The predicted octanol–water partition coefficient (Wildman–Crippen LogP) is 4.93. The van der Waals surface area contributed by atoms with E-state index in [1.807, 2.05) is 4.90 Å². The smallest absolute Gasteiger partial charge is 0.274 e. The van der Waals surface area contributed by atoms with Gasteiger partial charge in [-0.3, -0.25) is 4.79 Å². The fraction of sp³-hybridized carbons (Fsp3) is 0.389. The Bertz CT molecular complexity index is 731. The Labute approximate surface area is 157 Å². The van der Waals surface area contributed by atoms with Gasteiger partial charge in [0.05, 0.1) is 28.1 Å². The maximum atomic E-state index is 12.7. The zero-order valence-corrected chi connectivity index (χ0v) is 15.5. The van der Waals surface area contributed by atoms with E-state index in [4.69, 9.17) is 23.2 Å². The first-order valence-corrected chi connectivity index (χ1v) is 9.19. The molecule has 0 bridgehead atoms. The molecule has 2 aromatic rings. The lowest BCUT2D eigenvalue weighted by atomic mass is 10.00. The van der Waals surface area contributed by atoms with Gasteiger partial charge in [0.15, 0.2) is 0 Å². The van der Waals surface area contributed by atoms with Gasteiger partial charge >= 0.3 is 0 Å². The van der Waals surface area contributed by atoms with Gasteiger partial charge in [0.1, 0.15) is 11.5 Å². The van der Waals surface area contributed by atoms with E-state index in [-0.39, 0.29) is 5.91 Å². The van der Waals surface area contributed by atoms with Crippen LogP contribution in [0.5, 0.6) is 0 Å². The number of hydrogen-bond donors (Lipinski definition) is 1. The number of halogens is 2. The molecule has 25 heavy (non-hydrogen) atoms. The van der Waals surface area contributed by atoms with Crippen LogP contribution in [0.3, 0.4) is 0 Å². The number of piperidine rings is 1. The Morgan fingerprint density at radius 1 is 1.24 bits per heavy atom. The lowest BCUT2D eigenvalue weighted by Crippen LogP contribution is -2.43. The molecule has 1 aliphatic heterocycles. The highest BCUT2D eigenvalue weighted by molar-refractivity contribution is 6.39. The van der Waals surface area contributed by atoms with Crippen molar-refractivity contribution in [3.05, 3.63) is 46.3 Å². The van der Waals surface area contributed by atoms with Crippen molar-refractivity contribution in [2.24, 2.45) is 0 Å². The van der Waals surface area contributed by atoms with E-state index in [0.717, 1.165) is 25.8 Å². The van der Waals surface area contributed by atoms with E-state index in [9.17, 15) is 4.79 Å². The van der Waals surface area contributed by atoms with Crippen LogP contribution in [-0.4, -0.2) is 33.4 Å². The third kappa shape index (κ3) is 4.05. The lowest BCUT2D eigenvalue weighted by Gasteiger charge is -2.34. The summed E-state index contributed by atoms with van der Waals surface area (Å²) in [5, 5.41) is 4.03. The first kappa shape index (κ1) is 18.0. The third-order valence-corrected chi connectivity index (χ3v) is 5.08. The molecule has 1 atom stereocenters. The highest BCUT2D eigenvalue weighted by Gasteiger charge is 2.27. The van der Waals surface area contributed by atoms with E-state index in [2.05, 4.69) is 22.2 Å². The number of aromatic nitrogens is 2. The second-order valence-corrected chi connectivity index (χ2v) is 6.88. The van der Waals surface area contributed by atoms with Crippen LogP contribution in [0.1, 0.15) is 43.1 Å². The van der Waals surface area contributed by atoms with Crippen molar-refractivity contribution in [1.82, 2.24) is 14.9 Å². The van der Waals surface area contributed by atoms with E-state index in [1.165, 1.54) is 18.8 Å². The summed E-state index contributed by atoms with van der Waals surface area (Å²) in [6.45, 7) is 2.90. The first-order chi connectivity index (χ1) is 12.1. The molecular weight excluding hydrogens is 359 g/mol. The zero-order valence-electron chi connectivity index (χ0n) is 14.0. The summed E-state index contributed by atoms with van der Waals surface area (Å²) >= 11 is 12.3. The van der Waals surface area contributed by atoms with Gasteiger partial charge in [-0.1, -0.05) is 36.2 Å².